The van der Waals surface area contributed by atoms with E-state index >= 15 is 0 Å². The van der Waals surface area contributed by atoms with E-state index in [4.69, 9.17) is 4.74 Å². The number of Topliss-reactive ketones (excluding diaryl/α,β-unsaturated/α-hetero) is 1. The van der Waals surface area contributed by atoms with Crippen LogP contribution in [-0.4, -0.2) is 54.5 Å². The molecule has 0 saturated heterocycles. The number of carboxylic acids is 1. The number of carbonyl (C=O) groups is 3. The Morgan fingerprint density at radius 3 is 2.45 bits per heavy atom. The molecule has 1 aliphatic carbocycles. The summed E-state index contributed by atoms with van der Waals surface area (Å²) in [7, 11) is -3.80. The minimum Gasteiger partial charge on any atom is -0.481 e. The monoisotopic (exact) mass is 474 g/mol. The highest BCUT2D eigenvalue weighted by Crippen LogP contribution is 2.36. The number of nitrogens with zero attached hydrogens (tertiary/aromatic N) is 1. The molecular formula is C23H26N2O7S. The second-order valence-corrected chi connectivity index (χ2v) is 9.82. The van der Waals surface area contributed by atoms with E-state index in [1.165, 1.54) is 0 Å². The minimum absolute atomic E-state index is 0.0605. The molecule has 0 fully saturated rings. The van der Waals surface area contributed by atoms with Gasteiger partial charge in [-0.3, -0.25) is 9.59 Å². The molecule has 3 rings (SSSR count). The van der Waals surface area contributed by atoms with Crippen LogP contribution in [0.25, 0.3) is 0 Å². The number of fused-ring (bicyclic) bond motifs is 1. The summed E-state index contributed by atoms with van der Waals surface area (Å²) in [5.41, 5.74) is 2.55. The van der Waals surface area contributed by atoms with E-state index in [9.17, 15) is 27.9 Å². The normalized spacial score (nSPS) is 16.1. The van der Waals surface area contributed by atoms with Crippen molar-refractivity contribution in [3.8, 4) is 0 Å². The first-order valence-electron chi connectivity index (χ1n) is 10.4. The molecule has 2 aromatic rings. The zero-order valence-electron chi connectivity index (χ0n) is 18.1. The molecule has 9 nitrogen and oxygen atoms in total. The largest absolute Gasteiger partial charge is 0.481 e. The lowest BCUT2D eigenvalue weighted by molar-refractivity contribution is -0.139. The molecule has 33 heavy (non-hydrogen) atoms. The number of alkyl carbamates (subject to hydrolysis) is 1. The van der Waals surface area contributed by atoms with Gasteiger partial charge >= 0.3 is 12.1 Å². The molecular weight excluding hydrogens is 448 g/mol. The summed E-state index contributed by atoms with van der Waals surface area (Å²) in [6.07, 6.45) is 0.530. The van der Waals surface area contributed by atoms with Crippen LogP contribution in [0.2, 0.25) is 0 Å². The third-order valence-electron chi connectivity index (χ3n) is 5.46. The summed E-state index contributed by atoms with van der Waals surface area (Å²) in [6, 6.07) is 14.3. The summed E-state index contributed by atoms with van der Waals surface area (Å²) >= 11 is 0. The molecule has 1 aliphatic rings. The Morgan fingerprint density at radius 2 is 1.79 bits per heavy atom. The molecule has 0 saturated carbocycles. The maximum atomic E-state index is 13.0. The van der Waals surface area contributed by atoms with Crippen LogP contribution < -0.4 is 5.32 Å². The Bertz CT molecular complexity index is 1120. The van der Waals surface area contributed by atoms with E-state index in [0.29, 0.717) is 12.8 Å². The van der Waals surface area contributed by atoms with Crippen molar-refractivity contribution < 1.29 is 32.6 Å². The van der Waals surface area contributed by atoms with Crippen LogP contribution in [0.4, 0.5) is 4.79 Å². The molecule has 2 atom stereocenters. The first kappa shape index (κ1) is 24.4. The fraction of sp³-hybridized carbons (Fsp3) is 0.348. The van der Waals surface area contributed by atoms with Crippen LogP contribution in [0.15, 0.2) is 54.6 Å². The summed E-state index contributed by atoms with van der Waals surface area (Å²) in [5.74, 6) is -2.04. The number of nitrogens with one attached hydrogen (secondary N) is 1. The first-order valence-corrected chi connectivity index (χ1v) is 12.3. The third kappa shape index (κ3) is 6.62. The lowest BCUT2D eigenvalue weighted by Gasteiger charge is -2.28. The van der Waals surface area contributed by atoms with Crippen LogP contribution in [0.1, 0.15) is 35.6 Å². The maximum Gasteiger partial charge on any atom is 0.408 e. The number of sulfonamides is 1. The quantitative estimate of drug-likeness (QED) is 0.540. The van der Waals surface area contributed by atoms with Crippen molar-refractivity contribution in [2.24, 2.45) is 0 Å². The van der Waals surface area contributed by atoms with Crippen molar-refractivity contribution in [2.45, 2.75) is 38.0 Å². The lowest BCUT2D eigenvalue weighted by Crippen LogP contribution is -2.48. The molecule has 0 aliphatic heterocycles. The average molecular weight is 475 g/mol. The van der Waals surface area contributed by atoms with Gasteiger partial charge in [0, 0.05) is 0 Å². The van der Waals surface area contributed by atoms with Crippen LogP contribution >= 0.6 is 0 Å². The molecule has 0 spiro atoms. The van der Waals surface area contributed by atoms with Crippen LogP contribution in [0.3, 0.4) is 0 Å². The van der Waals surface area contributed by atoms with E-state index in [1.54, 1.807) is 36.4 Å². The van der Waals surface area contributed by atoms with Crippen molar-refractivity contribution >= 4 is 27.9 Å². The van der Waals surface area contributed by atoms with Gasteiger partial charge in [0.1, 0.15) is 12.6 Å². The van der Waals surface area contributed by atoms with Crippen LogP contribution in [0.5, 0.6) is 0 Å². The molecule has 10 heteroatoms. The zero-order valence-corrected chi connectivity index (χ0v) is 19.0. The van der Waals surface area contributed by atoms with Gasteiger partial charge in [0.05, 0.1) is 25.3 Å². The Hall–Kier alpha value is -3.24. The predicted molar refractivity (Wildman–Crippen MR) is 120 cm³/mol. The molecule has 2 N–H and O–H groups in total. The number of carbonyl (C=O) groups excluding carboxylic acids is 2. The summed E-state index contributed by atoms with van der Waals surface area (Å²) in [4.78, 5) is 36.5. The molecule has 2 unspecified atom stereocenters. The molecule has 2 aromatic carbocycles. The van der Waals surface area contributed by atoms with Gasteiger partial charge in [0.15, 0.2) is 5.78 Å². The zero-order chi connectivity index (χ0) is 24.0. The Labute approximate surface area is 192 Å². The molecule has 0 heterocycles. The predicted octanol–water partition coefficient (Wildman–Crippen LogP) is 2.27. The lowest BCUT2D eigenvalue weighted by atomic mass is 10.1. The number of benzene rings is 2. The van der Waals surface area contributed by atoms with Crippen molar-refractivity contribution in [1.82, 2.24) is 9.62 Å². The summed E-state index contributed by atoms with van der Waals surface area (Å²) < 4.78 is 31.2. The number of amides is 1. The van der Waals surface area contributed by atoms with Gasteiger partial charge in [0.2, 0.25) is 10.0 Å². The van der Waals surface area contributed by atoms with Crippen molar-refractivity contribution in [3.63, 3.8) is 0 Å². The van der Waals surface area contributed by atoms with Gasteiger partial charge < -0.3 is 15.2 Å². The number of ether oxygens (including phenoxy) is 1. The standard InChI is InChI=1S/C23H26N2O7S/c1-33(30,31)25(20-12-11-17-9-5-6-10-18(17)20)14-21(26)19(13-22(27)28)24-23(29)32-15-16-7-3-2-4-8-16/h2-10,19-20H,11-15H2,1H3,(H,24,29)(H,27,28). The average Bonchev–Trinajstić information content (AvgIpc) is 3.18. The number of carboxylic acid groups (broad SMARTS) is 1. The van der Waals surface area contributed by atoms with Gasteiger partial charge in [-0.05, 0) is 29.5 Å². The van der Waals surface area contributed by atoms with Gasteiger partial charge in [-0.2, -0.15) is 4.31 Å². The van der Waals surface area contributed by atoms with Crippen LogP contribution in [0, 0.1) is 0 Å². The number of rotatable bonds is 10. The van der Waals surface area contributed by atoms with E-state index in [1.807, 2.05) is 18.2 Å². The second-order valence-electron chi connectivity index (χ2n) is 7.88. The van der Waals surface area contributed by atoms with E-state index in [0.717, 1.165) is 27.3 Å². The number of aryl methyl sites for hydroxylation is 1. The number of hydrogen-bond donors (Lipinski definition) is 2. The minimum atomic E-state index is -3.80. The van der Waals surface area contributed by atoms with Gasteiger partial charge in [-0.1, -0.05) is 54.6 Å². The summed E-state index contributed by atoms with van der Waals surface area (Å²) in [6.45, 7) is -0.621. The van der Waals surface area contributed by atoms with Crippen LogP contribution in [-0.2, 0) is 37.4 Å². The highest BCUT2D eigenvalue weighted by molar-refractivity contribution is 7.88. The Morgan fingerprint density at radius 1 is 1.12 bits per heavy atom. The topological polar surface area (TPSA) is 130 Å². The maximum absolute atomic E-state index is 13.0. The first-order chi connectivity index (χ1) is 15.6. The number of ketones is 1. The van der Waals surface area contributed by atoms with Gasteiger partial charge in [-0.15, -0.1) is 0 Å². The molecule has 1 amide bonds. The molecule has 0 aromatic heterocycles. The highest BCUT2D eigenvalue weighted by Gasteiger charge is 2.36. The molecule has 0 bridgehead atoms. The molecule has 0 radical (unpaired) electrons. The fourth-order valence-corrected chi connectivity index (χ4v) is 4.93. The highest BCUT2D eigenvalue weighted by atomic mass is 32.2. The number of aliphatic carboxylic acids is 1. The SMILES string of the molecule is CS(=O)(=O)N(CC(=O)C(CC(=O)O)NC(=O)OCc1ccccc1)C1CCc2ccccc21. The van der Waals surface area contributed by atoms with Crippen molar-refractivity contribution in [1.29, 1.82) is 0 Å². The van der Waals surface area contributed by atoms with E-state index in [-0.39, 0.29) is 6.61 Å². The molecule has 176 valence electrons. The smallest absolute Gasteiger partial charge is 0.408 e. The fourth-order valence-electron chi connectivity index (χ4n) is 3.88. The Kier molecular flexibility index (Phi) is 7.83. The number of hydrogen-bond acceptors (Lipinski definition) is 6. The van der Waals surface area contributed by atoms with Gasteiger partial charge in [0.25, 0.3) is 0 Å². The second kappa shape index (κ2) is 10.6. The van der Waals surface area contributed by atoms with Crippen molar-refractivity contribution in [2.75, 3.05) is 12.8 Å². The van der Waals surface area contributed by atoms with Gasteiger partial charge in [-0.25, -0.2) is 13.2 Å². The Balaban J connectivity index is 1.72. The van der Waals surface area contributed by atoms with E-state index in [2.05, 4.69) is 5.32 Å². The summed E-state index contributed by atoms with van der Waals surface area (Å²) in [5, 5.41) is 11.5. The van der Waals surface area contributed by atoms with Crippen molar-refractivity contribution in [3.05, 3.63) is 71.3 Å². The van der Waals surface area contributed by atoms with E-state index < -0.39 is 52.9 Å². The third-order valence-corrected chi connectivity index (χ3v) is 6.69.